The minimum Gasteiger partial charge on any atom is -0.480 e. The zero-order chi connectivity index (χ0) is 28.7. The maximum absolute atomic E-state index is 13.0. The number of nitrogens with two attached hydrogens (primary N) is 5. The zero-order valence-electron chi connectivity index (χ0n) is 21.5. The van der Waals surface area contributed by atoms with E-state index in [-0.39, 0.29) is 44.3 Å². The van der Waals surface area contributed by atoms with Gasteiger partial charge in [0.05, 0.1) is 12.1 Å². The Morgan fingerprint density at radius 2 is 1.24 bits per heavy atom. The molecule has 16 nitrogen and oxygen atoms in total. The highest BCUT2D eigenvalue weighted by Crippen LogP contribution is 2.06. The van der Waals surface area contributed by atoms with Crippen molar-refractivity contribution in [1.82, 2.24) is 16.0 Å². The fraction of sp³-hybridized carbons (Fsp3) is 0.714. The Labute approximate surface area is 215 Å². The van der Waals surface area contributed by atoms with E-state index in [1.807, 2.05) is 0 Å². The maximum Gasteiger partial charge on any atom is 0.326 e. The van der Waals surface area contributed by atoms with E-state index in [2.05, 4.69) is 25.9 Å². The van der Waals surface area contributed by atoms with Crippen LogP contribution >= 0.6 is 0 Å². The first-order chi connectivity index (χ1) is 17.2. The lowest BCUT2D eigenvalue weighted by Gasteiger charge is -2.27. The molecule has 0 saturated carbocycles. The lowest BCUT2D eigenvalue weighted by atomic mass is 10.0. The van der Waals surface area contributed by atoms with Crippen molar-refractivity contribution in [3.8, 4) is 0 Å². The van der Waals surface area contributed by atoms with Crippen molar-refractivity contribution in [3.05, 3.63) is 0 Å². The second-order valence-electron chi connectivity index (χ2n) is 8.86. The molecule has 0 spiro atoms. The molecule has 0 aliphatic rings. The Bertz CT molecular complexity index is 825. The Balaban J connectivity index is 5.48. The predicted octanol–water partition coefficient (Wildman–Crippen LogP) is -4.00. The third-order valence-corrected chi connectivity index (χ3v) is 5.18. The van der Waals surface area contributed by atoms with Crippen molar-refractivity contribution in [3.63, 3.8) is 0 Å². The number of aliphatic imine (C=N–C) groups is 2. The predicted molar refractivity (Wildman–Crippen MR) is 138 cm³/mol. The van der Waals surface area contributed by atoms with Gasteiger partial charge in [-0.25, -0.2) is 4.79 Å². The van der Waals surface area contributed by atoms with Crippen LogP contribution in [0, 0.1) is 5.92 Å². The summed E-state index contributed by atoms with van der Waals surface area (Å²) in [6.07, 6.45) is -0.363. The highest BCUT2D eigenvalue weighted by atomic mass is 16.4. The molecule has 0 heterocycles. The van der Waals surface area contributed by atoms with Gasteiger partial charge in [0.1, 0.15) is 18.1 Å². The van der Waals surface area contributed by atoms with E-state index in [9.17, 15) is 29.4 Å². The van der Waals surface area contributed by atoms with E-state index < -0.39 is 59.9 Å². The van der Waals surface area contributed by atoms with Gasteiger partial charge in [0, 0.05) is 13.1 Å². The fourth-order valence-corrected chi connectivity index (χ4v) is 3.12. The summed E-state index contributed by atoms with van der Waals surface area (Å²) >= 11 is 0. The number of hydrogen-bond acceptors (Lipinski definition) is 8. The van der Waals surface area contributed by atoms with Crippen molar-refractivity contribution >= 4 is 35.6 Å². The average Bonchev–Trinajstić information content (AvgIpc) is 2.78. The van der Waals surface area contributed by atoms with E-state index in [1.165, 1.54) is 6.92 Å². The number of guanidine groups is 2. The van der Waals surface area contributed by atoms with Crippen LogP contribution in [0.3, 0.4) is 0 Å². The van der Waals surface area contributed by atoms with Gasteiger partial charge in [-0.1, -0.05) is 13.8 Å². The number of hydrogen-bond donors (Lipinski definition) is 10. The minimum absolute atomic E-state index is 0.0764. The smallest absolute Gasteiger partial charge is 0.326 e. The van der Waals surface area contributed by atoms with Crippen LogP contribution < -0.4 is 44.6 Å². The van der Waals surface area contributed by atoms with Gasteiger partial charge in [-0.05, 0) is 38.5 Å². The molecule has 15 N–H and O–H groups in total. The molecule has 5 atom stereocenters. The van der Waals surface area contributed by atoms with Crippen LogP contribution in [0.15, 0.2) is 9.98 Å². The topological polar surface area (TPSA) is 300 Å². The monoisotopic (exact) mass is 530 g/mol. The number of amides is 3. The van der Waals surface area contributed by atoms with Crippen LogP contribution in [-0.4, -0.2) is 89.2 Å². The summed E-state index contributed by atoms with van der Waals surface area (Å²) < 4.78 is 0. The van der Waals surface area contributed by atoms with E-state index in [4.69, 9.17) is 28.7 Å². The molecule has 0 aliphatic carbocycles. The van der Waals surface area contributed by atoms with Crippen molar-refractivity contribution in [2.75, 3.05) is 13.1 Å². The minimum atomic E-state index is -1.49. The van der Waals surface area contributed by atoms with E-state index in [0.717, 1.165) is 0 Å². The summed E-state index contributed by atoms with van der Waals surface area (Å²) in [5, 5.41) is 26.7. The number of carbonyl (C=O) groups excluding carboxylic acids is 3. The van der Waals surface area contributed by atoms with Crippen LogP contribution in [0.2, 0.25) is 0 Å². The number of carbonyl (C=O) groups is 4. The van der Waals surface area contributed by atoms with Crippen molar-refractivity contribution < 1.29 is 29.4 Å². The van der Waals surface area contributed by atoms with Crippen LogP contribution in [0.25, 0.3) is 0 Å². The Morgan fingerprint density at radius 1 is 0.757 bits per heavy atom. The molecule has 0 rings (SSSR count). The normalized spacial score (nSPS) is 14.9. The van der Waals surface area contributed by atoms with Gasteiger partial charge in [0.2, 0.25) is 17.7 Å². The molecule has 0 fully saturated rings. The third kappa shape index (κ3) is 13.9. The molecule has 0 saturated heterocycles. The molecule has 5 unspecified atom stereocenters. The van der Waals surface area contributed by atoms with Crippen molar-refractivity contribution in [1.29, 1.82) is 0 Å². The largest absolute Gasteiger partial charge is 0.480 e. The van der Waals surface area contributed by atoms with Gasteiger partial charge in [0.15, 0.2) is 11.9 Å². The number of carboxylic acids is 1. The number of aliphatic hydroxyl groups is 1. The van der Waals surface area contributed by atoms with Gasteiger partial charge < -0.3 is 54.8 Å². The van der Waals surface area contributed by atoms with Gasteiger partial charge in [-0.3, -0.25) is 24.4 Å². The average molecular weight is 531 g/mol. The molecular weight excluding hydrogens is 488 g/mol. The summed E-state index contributed by atoms with van der Waals surface area (Å²) in [7, 11) is 0. The standard InChI is InChI=1S/C21H42N10O6/c1-10(2)14(19(36)37)30-18(35)15(11(3)32)31-17(34)13(7-5-9-28-21(25)26)29-16(33)12(22)6-4-8-27-20(23)24/h10-15,32H,4-9,22H2,1-3H3,(H,29,33)(H,30,35)(H,31,34)(H,36,37)(H4,23,24,27)(H4,25,26,28). The van der Waals surface area contributed by atoms with E-state index in [1.54, 1.807) is 13.8 Å². The second-order valence-corrected chi connectivity index (χ2v) is 8.86. The molecule has 0 aromatic carbocycles. The summed E-state index contributed by atoms with van der Waals surface area (Å²) in [5.74, 6) is -4.27. The molecular formula is C21H42N10O6. The molecule has 0 aromatic rings. The molecule has 0 bridgehead atoms. The summed E-state index contributed by atoms with van der Waals surface area (Å²) in [6, 6.07) is -4.85. The second kappa shape index (κ2) is 16.9. The maximum atomic E-state index is 13.0. The van der Waals surface area contributed by atoms with Crippen molar-refractivity contribution in [2.24, 2.45) is 44.6 Å². The first-order valence-corrected chi connectivity index (χ1v) is 11.9. The Morgan fingerprint density at radius 3 is 1.68 bits per heavy atom. The lowest BCUT2D eigenvalue weighted by molar-refractivity contribution is -0.144. The van der Waals surface area contributed by atoms with Crippen LogP contribution in [-0.2, 0) is 19.2 Å². The van der Waals surface area contributed by atoms with Gasteiger partial charge in [-0.2, -0.15) is 0 Å². The molecule has 0 aromatic heterocycles. The van der Waals surface area contributed by atoms with Gasteiger partial charge in [-0.15, -0.1) is 0 Å². The molecule has 3 amide bonds. The molecule has 16 heteroatoms. The lowest BCUT2D eigenvalue weighted by Crippen LogP contribution is -2.60. The first kappa shape index (κ1) is 33.3. The van der Waals surface area contributed by atoms with Gasteiger partial charge in [0.25, 0.3) is 0 Å². The quantitative estimate of drug-likeness (QED) is 0.0490. The van der Waals surface area contributed by atoms with Crippen LogP contribution in [0.1, 0.15) is 46.5 Å². The van der Waals surface area contributed by atoms with Gasteiger partial charge >= 0.3 is 5.97 Å². The SMILES string of the molecule is CC(C)C(NC(=O)C(NC(=O)C(CCCN=C(N)N)NC(=O)C(N)CCCN=C(N)N)C(C)O)C(=O)O. The number of nitrogens with one attached hydrogen (secondary N) is 3. The summed E-state index contributed by atoms with van der Waals surface area (Å²) in [6.45, 7) is 4.89. The molecule has 0 radical (unpaired) electrons. The van der Waals surface area contributed by atoms with Crippen LogP contribution in [0.5, 0.6) is 0 Å². The van der Waals surface area contributed by atoms with E-state index in [0.29, 0.717) is 6.42 Å². The number of aliphatic carboxylic acids is 1. The third-order valence-electron chi connectivity index (χ3n) is 5.18. The fourth-order valence-electron chi connectivity index (χ4n) is 3.12. The molecule has 37 heavy (non-hydrogen) atoms. The number of carboxylic acid groups (broad SMARTS) is 1. The van der Waals surface area contributed by atoms with Crippen molar-refractivity contribution in [2.45, 2.75) is 76.7 Å². The van der Waals surface area contributed by atoms with E-state index >= 15 is 0 Å². The summed E-state index contributed by atoms with van der Waals surface area (Å²) in [5.41, 5.74) is 27.0. The number of nitrogens with zero attached hydrogens (tertiary/aromatic N) is 2. The summed E-state index contributed by atoms with van der Waals surface area (Å²) in [4.78, 5) is 57.4. The molecule has 212 valence electrons. The number of aliphatic hydroxyl groups excluding tert-OH is 1. The first-order valence-electron chi connectivity index (χ1n) is 11.9. The zero-order valence-corrected chi connectivity index (χ0v) is 21.5. The number of rotatable bonds is 17. The Hall–Kier alpha value is -3.66. The van der Waals surface area contributed by atoms with Crippen LogP contribution in [0.4, 0.5) is 0 Å². The highest BCUT2D eigenvalue weighted by Gasteiger charge is 2.33. The molecule has 0 aliphatic heterocycles. The Kier molecular flexibility index (Phi) is 15.2. The highest BCUT2D eigenvalue weighted by molar-refractivity contribution is 5.94.